The van der Waals surface area contributed by atoms with Crippen LogP contribution in [0.5, 0.6) is 0 Å². The molecule has 1 fully saturated rings. The minimum Gasteiger partial charge on any atom is -0.481 e. The van der Waals surface area contributed by atoms with Gasteiger partial charge in [-0.15, -0.1) is 0 Å². The number of amides is 2. The van der Waals surface area contributed by atoms with Crippen LogP contribution >= 0.6 is 0 Å². The average molecular weight is 451 g/mol. The van der Waals surface area contributed by atoms with Gasteiger partial charge in [-0.1, -0.05) is 69.3 Å². The first-order chi connectivity index (χ1) is 15.8. The Morgan fingerprint density at radius 1 is 1.06 bits per heavy atom. The second kappa shape index (κ2) is 8.89. The highest BCUT2D eigenvalue weighted by molar-refractivity contribution is 5.89. The molecule has 7 nitrogen and oxygen atoms in total. The van der Waals surface area contributed by atoms with Gasteiger partial charge in [0, 0.05) is 19.0 Å². The van der Waals surface area contributed by atoms with Gasteiger partial charge in [0.1, 0.15) is 18.1 Å². The lowest BCUT2D eigenvalue weighted by Gasteiger charge is -2.48. The van der Waals surface area contributed by atoms with E-state index in [0.29, 0.717) is 6.42 Å². The molecule has 1 aliphatic carbocycles. The number of carboxylic acids is 1. The van der Waals surface area contributed by atoms with Crippen LogP contribution in [-0.4, -0.2) is 53.7 Å². The molecule has 1 atom stereocenters. The molecule has 0 spiro atoms. The molecular formula is C26H30N2O5. The number of aliphatic carboxylic acids is 1. The van der Waals surface area contributed by atoms with E-state index in [1.165, 1.54) is 4.90 Å². The van der Waals surface area contributed by atoms with Crippen LogP contribution in [0.2, 0.25) is 0 Å². The van der Waals surface area contributed by atoms with E-state index in [1.54, 1.807) is 0 Å². The number of fused-ring (bicyclic) bond motifs is 3. The predicted molar refractivity (Wildman–Crippen MR) is 124 cm³/mol. The van der Waals surface area contributed by atoms with Gasteiger partial charge >= 0.3 is 12.1 Å². The van der Waals surface area contributed by atoms with Gasteiger partial charge in [0.2, 0.25) is 5.91 Å². The Balaban J connectivity index is 1.40. The molecule has 2 aliphatic rings. The van der Waals surface area contributed by atoms with Gasteiger partial charge in [-0.2, -0.15) is 0 Å². The summed E-state index contributed by atoms with van der Waals surface area (Å²) in [5.41, 5.74) is 3.64. The van der Waals surface area contributed by atoms with Crippen molar-refractivity contribution in [1.29, 1.82) is 0 Å². The second-order valence-electron chi connectivity index (χ2n) is 9.32. The highest BCUT2D eigenvalue weighted by atomic mass is 16.5. The Morgan fingerprint density at radius 3 is 2.09 bits per heavy atom. The van der Waals surface area contributed by atoms with Crippen molar-refractivity contribution in [3.05, 3.63) is 59.7 Å². The molecule has 1 saturated heterocycles. The smallest absolute Gasteiger partial charge is 0.407 e. The summed E-state index contributed by atoms with van der Waals surface area (Å²) in [7, 11) is 0. The quantitative estimate of drug-likeness (QED) is 0.668. The number of alkyl carbamates (subject to hydrolysis) is 1. The van der Waals surface area contributed by atoms with E-state index in [-0.39, 0.29) is 37.4 Å². The highest BCUT2D eigenvalue weighted by Crippen LogP contribution is 2.44. The number of nitrogens with one attached hydrogen (secondary N) is 1. The largest absolute Gasteiger partial charge is 0.481 e. The maximum absolute atomic E-state index is 13.0. The van der Waals surface area contributed by atoms with Crippen LogP contribution in [0, 0.1) is 11.3 Å². The second-order valence-corrected chi connectivity index (χ2v) is 9.32. The van der Waals surface area contributed by atoms with Gasteiger partial charge in [-0.25, -0.2) is 4.79 Å². The fourth-order valence-electron chi connectivity index (χ4n) is 4.83. The lowest BCUT2D eigenvalue weighted by molar-refractivity contribution is -0.167. The Bertz CT molecular complexity index is 1030. The zero-order valence-corrected chi connectivity index (χ0v) is 19.2. The highest BCUT2D eigenvalue weighted by Gasteiger charge is 2.51. The molecule has 4 rings (SSSR count). The zero-order valence-electron chi connectivity index (χ0n) is 19.2. The maximum atomic E-state index is 13.0. The maximum Gasteiger partial charge on any atom is 0.407 e. The molecule has 0 aromatic heterocycles. The fourth-order valence-corrected chi connectivity index (χ4v) is 4.83. The van der Waals surface area contributed by atoms with Gasteiger partial charge in [0.25, 0.3) is 0 Å². The normalized spacial score (nSPS) is 17.0. The molecule has 7 heteroatoms. The Hall–Kier alpha value is -3.35. The summed E-state index contributed by atoms with van der Waals surface area (Å²) in [6, 6.07) is 15.4. The first kappa shape index (κ1) is 22.8. The van der Waals surface area contributed by atoms with Crippen molar-refractivity contribution in [3.63, 3.8) is 0 Å². The number of ether oxygens (including phenoxy) is 1. The molecule has 0 unspecified atom stereocenters. The average Bonchev–Trinajstić information content (AvgIpc) is 3.09. The monoisotopic (exact) mass is 450 g/mol. The van der Waals surface area contributed by atoms with E-state index in [9.17, 15) is 19.5 Å². The van der Waals surface area contributed by atoms with Crippen LogP contribution < -0.4 is 5.32 Å². The molecule has 0 saturated carbocycles. The number of hydrogen-bond acceptors (Lipinski definition) is 4. The predicted octanol–water partition coefficient (Wildman–Crippen LogP) is 3.87. The van der Waals surface area contributed by atoms with Crippen LogP contribution in [0.3, 0.4) is 0 Å². The van der Waals surface area contributed by atoms with Crippen LogP contribution in [0.4, 0.5) is 4.79 Å². The van der Waals surface area contributed by atoms with E-state index in [1.807, 2.05) is 57.2 Å². The summed E-state index contributed by atoms with van der Waals surface area (Å²) in [5, 5.41) is 12.2. The number of nitrogens with zero attached hydrogens (tertiary/aromatic N) is 1. The van der Waals surface area contributed by atoms with Crippen LogP contribution in [0.15, 0.2) is 48.5 Å². The molecule has 2 amide bonds. The number of rotatable bonds is 7. The van der Waals surface area contributed by atoms with E-state index in [4.69, 9.17) is 4.74 Å². The number of benzene rings is 2. The molecule has 1 aliphatic heterocycles. The molecule has 2 N–H and O–H groups in total. The van der Waals surface area contributed by atoms with Crippen molar-refractivity contribution in [2.24, 2.45) is 11.3 Å². The van der Waals surface area contributed by atoms with Crippen molar-refractivity contribution in [3.8, 4) is 11.1 Å². The Kier molecular flexibility index (Phi) is 6.15. The van der Waals surface area contributed by atoms with Crippen LogP contribution in [-0.2, 0) is 14.3 Å². The van der Waals surface area contributed by atoms with Crippen molar-refractivity contribution < 1.29 is 24.2 Å². The molecule has 174 valence electrons. The lowest BCUT2D eigenvalue weighted by Crippen LogP contribution is -2.65. The topological polar surface area (TPSA) is 95.9 Å². The third-order valence-electron chi connectivity index (χ3n) is 6.98. The summed E-state index contributed by atoms with van der Waals surface area (Å²) in [6.45, 7) is 5.98. The van der Waals surface area contributed by atoms with E-state index in [2.05, 4.69) is 17.4 Å². The summed E-state index contributed by atoms with van der Waals surface area (Å²) >= 11 is 0. The van der Waals surface area contributed by atoms with Gasteiger partial charge in [-0.05, 0) is 34.6 Å². The third-order valence-corrected chi connectivity index (χ3v) is 6.98. The fraction of sp³-hybridized carbons (Fsp3) is 0.423. The zero-order chi connectivity index (χ0) is 23.8. The number of carbonyl (C=O) groups excluding carboxylic acids is 2. The van der Waals surface area contributed by atoms with Crippen molar-refractivity contribution in [2.45, 2.75) is 39.2 Å². The van der Waals surface area contributed by atoms with E-state index < -0.39 is 23.5 Å². The van der Waals surface area contributed by atoms with Crippen molar-refractivity contribution >= 4 is 18.0 Å². The van der Waals surface area contributed by atoms with Gasteiger partial charge in [-0.3, -0.25) is 9.59 Å². The van der Waals surface area contributed by atoms with Crippen LogP contribution in [0.1, 0.15) is 44.2 Å². The summed E-state index contributed by atoms with van der Waals surface area (Å²) < 4.78 is 5.59. The SMILES string of the molecule is CCC1(C(=O)O)CN(C(=O)[C@H](NC(=O)OCC2c3ccccc3-c3ccccc32)C(C)C)C1. The van der Waals surface area contributed by atoms with Gasteiger partial charge in [0.15, 0.2) is 0 Å². The molecule has 0 bridgehead atoms. The standard InChI is InChI=1S/C26H30N2O5/c1-4-26(24(30)31)14-28(15-26)23(29)22(16(2)3)27-25(32)33-13-21-19-11-7-5-9-17(19)18-10-6-8-12-20(18)21/h5-12,16,21-22H,4,13-15H2,1-3H3,(H,27,32)(H,30,31)/t22-/m1/s1. The third kappa shape index (κ3) is 4.08. The van der Waals surface area contributed by atoms with Crippen molar-refractivity contribution in [2.75, 3.05) is 19.7 Å². The molecule has 2 aromatic rings. The number of hydrogen-bond donors (Lipinski definition) is 2. The Labute approximate surface area is 193 Å². The molecule has 33 heavy (non-hydrogen) atoms. The minimum atomic E-state index is -0.889. The molecule has 0 radical (unpaired) electrons. The summed E-state index contributed by atoms with van der Waals surface area (Å²) in [4.78, 5) is 38.7. The first-order valence-electron chi connectivity index (χ1n) is 11.4. The molecule has 2 aromatic carbocycles. The Morgan fingerprint density at radius 2 is 1.61 bits per heavy atom. The van der Waals surface area contributed by atoms with E-state index >= 15 is 0 Å². The van der Waals surface area contributed by atoms with Gasteiger partial charge < -0.3 is 20.1 Å². The minimum absolute atomic E-state index is 0.0625. The number of likely N-dealkylation sites (tertiary alicyclic amines) is 1. The van der Waals surface area contributed by atoms with E-state index in [0.717, 1.165) is 22.3 Å². The number of carboxylic acid groups (broad SMARTS) is 1. The lowest BCUT2D eigenvalue weighted by atomic mass is 9.77. The van der Waals surface area contributed by atoms with Crippen molar-refractivity contribution in [1.82, 2.24) is 10.2 Å². The van der Waals surface area contributed by atoms with Gasteiger partial charge in [0.05, 0.1) is 0 Å². The molecular weight excluding hydrogens is 420 g/mol. The molecule has 1 heterocycles. The first-order valence-corrected chi connectivity index (χ1v) is 11.4. The summed E-state index contributed by atoms with van der Waals surface area (Å²) in [5.74, 6) is -1.39. The number of carbonyl (C=O) groups is 3. The van der Waals surface area contributed by atoms with Crippen LogP contribution in [0.25, 0.3) is 11.1 Å². The summed E-state index contributed by atoms with van der Waals surface area (Å²) in [6.07, 6.45) is -0.192.